The van der Waals surface area contributed by atoms with E-state index >= 15 is 0 Å². The van der Waals surface area contributed by atoms with Crippen LogP contribution in [0.3, 0.4) is 0 Å². The molecule has 0 saturated carbocycles. The molecule has 0 spiro atoms. The van der Waals surface area contributed by atoms with Gasteiger partial charge in [0, 0.05) is 10.6 Å². The summed E-state index contributed by atoms with van der Waals surface area (Å²) in [7, 11) is 0. The number of nitrogens with two attached hydrogens (primary N) is 2. The predicted octanol–water partition coefficient (Wildman–Crippen LogP) is 2.09. The van der Waals surface area contributed by atoms with Crippen molar-refractivity contribution in [3.05, 3.63) is 60.2 Å². The molecule has 1 unspecified atom stereocenters. The van der Waals surface area contributed by atoms with Gasteiger partial charge in [-0.05, 0) is 29.8 Å². The average Bonchev–Trinajstić information content (AvgIpc) is 2.47. The second kappa shape index (κ2) is 6.26. The molecule has 1 amide bonds. The van der Waals surface area contributed by atoms with Crippen LogP contribution in [0, 0.1) is 0 Å². The van der Waals surface area contributed by atoms with Gasteiger partial charge in [0.05, 0.1) is 0 Å². The lowest BCUT2D eigenvalue weighted by Crippen LogP contribution is -2.33. The van der Waals surface area contributed by atoms with Crippen molar-refractivity contribution in [1.29, 1.82) is 0 Å². The summed E-state index contributed by atoms with van der Waals surface area (Å²) in [5.74, 6) is 5.03. The van der Waals surface area contributed by atoms with Gasteiger partial charge in [0.1, 0.15) is 5.25 Å². The molecule has 2 aromatic rings. The van der Waals surface area contributed by atoms with Gasteiger partial charge < -0.3 is 5.73 Å². The molecule has 4 nitrogen and oxygen atoms in total. The van der Waals surface area contributed by atoms with Crippen LogP contribution >= 0.6 is 11.8 Å². The Morgan fingerprint density at radius 2 is 1.68 bits per heavy atom. The number of hydrogen-bond acceptors (Lipinski definition) is 4. The normalized spacial score (nSPS) is 11.8. The number of amides is 1. The topological polar surface area (TPSA) is 81.1 Å². The zero-order valence-corrected chi connectivity index (χ0v) is 11.1. The molecule has 0 aliphatic carbocycles. The van der Waals surface area contributed by atoms with Crippen LogP contribution in [-0.4, -0.2) is 5.91 Å². The zero-order chi connectivity index (χ0) is 13.7. The molecular weight excluding hydrogens is 258 g/mol. The molecule has 1 atom stereocenters. The highest BCUT2D eigenvalue weighted by Crippen LogP contribution is 2.35. The van der Waals surface area contributed by atoms with E-state index in [9.17, 15) is 4.79 Å². The summed E-state index contributed by atoms with van der Waals surface area (Å²) >= 11 is 1.44. The Morgan fingerprint density at radius 1 is 1.05 bits per heavy atom. The van der Waals surface area contributed by atoms with E-state index in [1.807, 2.05) is 54.6 Å². The number of anilines is 1. The van der Waals surface area contributed by atoms with Crippen LogP contribution < -0.4 is 17.0 Å². The fourth-order valence-corrected chi connectivity index (χ4v) is 2.69. The van der Waals surface area contributed by atoms with Crippen LogP contribution in [-0.2, 0) is 4.79 Å². The Morgan fingerprint density at radius 3 is 2.26 bits per heavy atom. The predicted molar refractivity (Wildman–Crippen MR) is 78.2 cm³/mol. The van der Waals surface area contributed by atoms with Crippen molar-refractivity contribution in [2.24, 2.45) is 5.84 Å². The van der Waals surface area contributed by atoms with Gasteiger partial charge in [-0.25, -0.2) is 5.84 Å². The van der Waals surface area contributed by atoms with E-state index in [0.29, 0.717) is 5.69 Å². The molecule has 0 heterocycles. The number of thioether (sulfide) groups is 1. The van der Waals surface area contributed by atoms with Gasteiger partial charge in [0.15, 0.2) is 0 Å². The first-order valence-electron chi connectivity index (χ1n) is 5.78. The van der Waals surface area contributed by atoms with Crippen LogP contribution in [0.25, 0.3) is 0 Å². The van der Waals surface area contributed by atoms with Crippen LogP contribution in [0.2, 0.25) is 0 Å². The highest BCUT2D eigenvalue weighted by atomic mass is 32.2. The van der Waals surface area contributed by atoms with Gasteiger partial charge in [-0.2, -0.15) is 0 Å². The summed E-state index contributed by atoms with van der Waals surface area (Å²) in [6.07, 6.45) is 0. The molecule has 2 aromatic carbocycles. The SMILES string of the molecule is NNC(=O)C(Sc1ccc(N)cc1)c1ccccc1. The summed E-state index contributed by atoms with van der Waals surface area (Å²) in [5, 5.41) is -0.380. The second-order valence-corrected chi connectivity index (χ2v) is 5.16. The number of benzene rings is 2. The van der Waals surface area contributed by atoms with E-state index < -0.39 is 0 Å². The Bertz CT molecular complexity index is 542. The molecule has 0 radical (unpaired) electrons. The van der Waals surface area contributed by atoms with E-state index in [0.717, 1.165) is 10.5 Å². The summed E-state index contributed by atoms with van der Waals surface area (Å²) < 4.78 is 0. The first kappa shape index (κ1) is 13.5. The van der Waals surface area contributed by atoms with Crippen molar-refractivity contribution in [3.8, 4) is 0 Å². The molecule has 0 aliphatic rings. The van der Waals surface area contributed by atoms with E-state index in [4.69, 9.17) is 11.6 Å². The Balaban J connectivity index is 2.24. The average molecular weight is 273 g/mol. The summed E-state index contributed by atoms with van der Waals surface area (Å²) in [5.41, 5.74) is 9.46. The smallest absolute Gasteiger partial charge is 0.251 e. The maximum absolute atomic E-state index is 11.9. The minimum Gasteiger partial charge on any atom is -0.399 e. The van der Waals surface area contributed by atoms with Crippen LogP contribution in [0.15, 0.2) is 59.5 Å². The maximum Gasteiger partial charge on any atom is 0.251 e. The van der Waals surface area contributed by atoms with Gasteiger partial charge in [0.2, 0.25) is 0 Å². The molecular formula is C14H15N3OS. The molecule has 0 aliphatic heterocycles. The minimum absolute atomic E-state index is 0.229. The molecule has 19 heavy (non-hydrogen) atoms. The number of carbonyl (C=O) groups is 1. The highest BCUT2D eigenvalue weighted by Gasteiger charge is 2.20. The lowest BCUT2D eigenvalue weighted by Gasteiger charge is -2.15. The van der Waals surface area contributed by atoms with Crippen LogP contribution in [0.5, 0.6) is 0 Å². The van der Waals surface area contributed by atoms with Crippen LogP contribution in [0.4, 0.5) is 5.69 Å². The van der Waals surface area contributed by atoms with Gasteiger partial charge in [-0.1, -0.05) is 30.3 Å². The number of rotatable bonds is 4. The fraction of sp³-hybridized carbons (Fsp3) is 0.0714. The van der Waals surface area contributed by atoms with Crippen molar-refractivity contribution < 1.29 is 4.79 Å². The van der Waals surface area contributed by atoms with Gasteiger partial charge in [-0.15, -0.1) is 11.8 Å². The van der Waals surface area contributed by atoms with E-state index in [1.165, 1.54) is 11.8 Å². The summed E-state index contributed by atoms with van der Waals surface area (Å²) in [4.78, 5) is 12.9. The molecule has 0 fully saturated rings. The number of hydrogen-bond donors (Lipinski definition) is 3. The first-order valence-corrected chi connectivity index (χ1v) is 6.66. The van der Waals surface area contributed by atoms with Crippen molar-refractivity contribution in [3.63, 3.8) is 0 Å². The zero-order valence-electron chi connectivity index (χ0n) is 10.2. The van der Waals surface area contributed by atoms with Crippen molar-refractivity contribution >= 4 is 23.4 Å². The Labute approximate surface area is 116 Å². The number of nitrogens with one attached hydrogen (secondary N) is 1. The molecule has 5 heteroatoms. The first-order chi connectivity index (χ1) is 9.20. The van der Waals surface area contributed by atoms with Crippen molar-refractivity contribution in [2.75, 3.05) is 5.73 Å². The van der Waals surface area contributed by atoms with Gasteiger partial charge in [0.25, 0.3) is 5.91 Å². The van der Waals surface area contributed by atoms with E-state index in [-0.39, 0.29) is 11.2 Å². The number of carbonyl (C=O) groups excluding carboxylic acids is 1. The largest absolute Gasteiger partial charge is 0.399 e. The Hall–Kier alpha value is -1.98. The van der Waals surface area contributed by atoms with Gasteiger partial charge >= 0.3 is 0 Å². The molecule has 0 saturated heterocycles. The molecule has 2 rings (SSSR count). The van der Waals surface area contributed by atoms with Gasteiger partial charge in [-0.3, -0.25) is 10.2 Å². The second-order valence-electron chi connectivity index (χ2n) is 3.99. The van der Waals surface area contributed by atoms with E-state index in [1.54, 1.807) is 0 Å². The molecule has 5 N–H and O–H groups in total. The molecule has 98 valence electrons. The minimum atomic E-state index is -0.380. The quantitative estimate of drug-likeness (QED) is 0.262. The summed E-state index contributed by atoms with van der Waals surface area (Å²) in [6.45, 7) is 0. The van der Waals surface area contributed by atoms with E-state index in [2.05, 4.69) is 5.43 Å². The van der Waals surface area contributed by atoms with Crippen LogP contribution in [0.1, 0.15) is 10.8 Å². The maximum atomic E-state index is 11.9. The molecule has 0 bridgehead atoms. The highest BCUT2D eigenvalue weighted by molar-refractivity contribution is 8.00. The monoisotopic (exact) mass is 273 g/mol. The lowest BCUT2D eigenvalue weighted by atomic mass is 10.1. The third-order valence-electron chi connectivity index (χ3n) is 2.62. The number of hydrazine groups is 1. The third kappa shape index (κ3) is 3.49. The fourth-order valence-electron chi connectivity index (χ4n) is 1.66. The number of nitrogen functional groups attached to an aromatic ring is 1. The van der Waals surface area contributed by atoms with Crippen molar-refractivity contribution in [1.82, 2.24) is 5.43 Å². The summed E-state index contributed by atoms with van der Waals surface area (Å²) in [6, 6.07) is 16.9. The Kier molecular flexibility index (Phi) is 4.43. The lowest BCUT2D eigenvalue weighted by molar-refractivity contribution is -0.120. The standard InChI is InChI=1S/C14H15N3OS/c15-11-6-8-12(9-7-11)19-13(14(18)17-16)10-4-2-1-3-5-10/h1-9,13H,15-16H2,(H,17,18). The van der Waals surface area contributed by atoms with Crippen molar-refractivity contribution in [2.45, 2.75) is 10.1 Å². The molecule has 0 aromatic heterocycles. The third-order valence-corrected chi connectivity index (χ3v) is 3.88.